The molecule has 0 bridgehead atoms. The van der Waals surface area contributed by atoms with Crippen LogP contribution in [0.4, 0.5) is 0 Å². The van der Waals surface area contributed by atoms with Crippen molar-refractivity contribution < 1.29 is 38.8 Å². The molecule has 1 saturated carbocycles. The number of benzene rings is 2. The van der Waals surface area contributed by atoms with E-state index in [0.717, 1.165) is 21.4 Å². The summed E-state index contributed by atoms with van der Waals surface area (Å²) in [6.45, 7) is 0. The van der Waals surface area contributed by atoms with Gasteiger partial charge >= 0.3 is 29.6 Å². The topological polar surface area (TPSA) is 32.3 Å². The molecule has 0 spiro atoms. The van der Waals surface area contributed by atoms with Crippen molar-refractivity contribution >= 4 is 22.8 Å². The van der Waals surface area contributed by atoms with Crippen molar-refractivity contribution in [2.45, 2.75) is 30.3 Å². The van der Waals surface area contributed by atoms with Crippen LogP contribution in [0, 0.1) is 0 Å². The maximum atomic E-state index is 10.7. The van der Waals surface area contributed by atoms with Gasteiger partial charge in [-0.2, -0.15) is 0 Å². The second kappa shape index (κ2) is 6.31. The maximum Gasteiger partial charge on any atom is 1.00 e. The predicted octanol–water partition coefficient (Wildman–Crippen LogP) is 0.998. The van der Waals surface area contributed by atoms with Gasteiger partial charge < -0.3 is 9.29 Å². The minimum absolute atomic E-state index is 0. The monoisotopic (exact) mass is 268 g/mol. The van der Waals surface area contributed by atoms with Gasteiger partial charge in [-0.25, -0.2) is 12.0 Å². The van der Waals surface area contributed by atoms with Crippen LogP contribution < -0.4 is 34.3 Å². The third kappa shape index (κ3) is 3.03. The van der Waals surface area contributed by atoms with Crippen LogP contribution in [0.2, 0.25) is 0 Å². The summed E-state index contributed by atoms with van der Waals surface area (Å²) in [5.74, 6) is 0.935. The number of hydrogen-bond acceptors (Lipinski definition) is 3. The molecule has 0 amide bonds. The van der Waals surface area contributed by atoms with E-state index in [1.165, 1.54) is 19.3 Å². The minimum Gasteiger partial charge on any atom is -0.795 e. The first-order valence-corrected chi connectivity index (χ1v) is 6.59. The number of fused-ring (bicyclic) bond motifs is 1. The van der Waals surface area contributed by atoms with E-state index in [2.05, 4.69) is 0 Å². The van der Waals surface area contributed by atoms with Gasteiger partial charge in [0.1, 0.15) is 5.75 Å². The quantitative estimate of drug-likeness (QED) is 0.615. The number of ether oxygens (including phenoxy) is 1. The molecule has 0 heterocycles. The molecule has 1 aliphatic rings. The molecule has 2 nitrogen and oxygen atoms in total. The molecule has 0 saturated heterocycles. The zero-order valence-electron chi connectivity index (χ0n) is 10.4. The zero-order valence-corrected chi connectivity index (χ0v) is 13.2. The summed E-state index contributed by atoms with van der Waals surface area (Å²) in [5.41, 5.74) is 0. The number of hydrogen-bond donors (Lipinski definition) is 0. The van der Waals surface area contributed by atoms with E-state index < -0.39 is 0 Å². The molecule has 3 rings (SSSR count). The molecule has 88 valence electrons. The summed E-state index contributed by atoms with van der Waals surface area (Å²) in [6.07, 6.45) is 4.03. The molecule has 4 heteroatoms. The molecule has 0 atom stereocenters. The van der Waals surface area contributed by atoms with Crippen molar-refractivity contribution in [1.82, 2.24) is 0 Å². The fraction of sp³-hybridized carbons (Fsp3) is 0.286. The van der Waals surface area contributed by atoms with E-state index in [-0.39, 0.29) is 29.6 Å². The van der Waals surface area contributed by atoms with Gasteiger partial charge in [0.05, 0.1) is 6.10 Å². The van der Waals surface area contributed by atoms with Crippen molar-refractivity contribution in [3.8, 4) is 5.75 Å². The first-order chi connectivity index (χ1) is 8.35. The Balaban J connectivity index is 0.00000120. The summed E-state index contributed by atoms with van der Waals surface area (Å²) >= 11 is 0.530. The molecule has 0 aliphatic heterocycles. The van der Waals surface area contributed by atoms with Crippen LogP contribution in [0.15, 0.2) is 41.3 Å². The van der Waals surface area contributed by atoms with Crippen molar-refractivity contribution in [3.63, 3.8) is 0 Å². The van der Waals surface area contributed by atoms with Gasteiger partial charge in [0.15, 0.2) is 0 Å². The van der Waals surface area contributed by atoms with E-state index in [4.69, 9.17) is 4.74 Å². The van der Waals surface area contributed by atoms with Gasteiger partial charge in [0.2, 0.25) is 0 Å². The Morgan fingerprint density at radius 2 is 1.78 bits per heavy atom. The van der Waals surface area contributed by atoms with Crippen LogP contribution in [-0.2, 0) is 0 Å². The average Bonchev–Trinajstić information content (AvgIpc) is 2.33. The van der Waals surface area contributed by atoms with E-state index in [0.29, 0.717) is 18.1 Å². The summed E-state index contributed by atoms with van der Waals surface area (Å²) in [6, 6.07) is 11.8. The Hall–Kier alpha value is -0.190. The van der Waals surface area contributed by atoms with Gasteiger partial charge in [-0.15, -0.1) is 0 Å². The predicted molar refractivity (Wildman–Crippen MR) is 68.8 cm³/mol. The average molecular weight is 268 g/mol. The third-order valence-electron chi connectivity index (χ3n) is 3.23. The summed E-state index contributed by atoms with van der Waals surface area (Å²) in [4.78, 5) is 0.755. The Labute approximate surface area is 133 Å². The van der Waals surface area contributed by atoms with Gasteiger partial charge in [-0.1, -0.05) is 12.1 Å². The normalized spacial score (nSPS) is 14.9. The van der Waals surface area contributed by atoms with Crippen LogP contribution in [-0.4, -0.2) is 10.7 Å². The van der Waals surface area contributed by atoms with Crippen LogP contribution in [0.25, 0.3) is 10.8 Å². The molecule has 0 unspecified atom stereocenters. The van der Waals surface area contributed by atoms with E-state index in [1.54, 1.807) is 0 Å². The molecule has 2 aromatic rings. The molecule has 18 heavy (non-hydrogen) atoms. The van der Waals surface area contributed by atoms with E-state index in [9.17, 15) is 4.55 Å². The fourth-order valence-electron chi connectivity index (χ4n) is 2.01. The molecular weight excluding hydrogens is 255 g/mol. The Kier molecular flexibility index (Phi) is 4.98. The Morgan fingerprint density at radius 1 is 1.06 bits per heavy atom. The molecule has 1 fully saturated rings. The fourth-order valence-corrected chi connectivity index (χ4v) is 2.31. The standard InChI is InChI=1S/C14H14O2S.Na/c15-17-14-7-5-10-8-13(6-4-11(10)9-14)16-12-2-1-3-12;/h4-9,12,15H,1-3H2;/q;+1/p-1. The van der Waals surface area contributed by atoms with Crippen molar-refractivity contribution in [3.05, 3.63) is 36.4 Å². The molecule has 0 aromatic heterocycles. The van der Waals surface area contributed by atoms with Crippen molar-refractivity contribution in [2.75, 3.05) is 0 Å². The molecule has 2 aromatic carbocycles. The minimum atomic E-state index is 0. The summed E-state index contributed by atoms with van der Waals surface area (Å²) < 4.78 is 16.6. The van der Waals surface area contributed by atoms with Crippen molar-refractivity contribution in [2.24, 2.45) is 0 Å². The third-order valence-corrected chi connectivity index (χ3v) is 3.68. The first-order valence-electron chi connectivity index (χ1n) is 5.85. The van der Waals surface area contributed by atoms with E-state index >= 15 is 0 Å². The Morgan fingerprint density at radius 3 is 2.44 bits per heavy atom. The van der Waals surface area contributed by atoms with Crippen LogP contribution in [0.5, 0.6) is 5.75 Å². The second-order valence-electron chi connectivity index (χ2n) is 4.42. The van der Waals surface area contributed by atoms with Crippen LogP contribution >= 0.6 is 12.0 Å². The number of rotatable bonds is 3. The molecular formula is C14H13NaO2S. The van der Waals surface area contributed by atoms with Gasteiger partial charge in [-0.3, -0.25) is 0 Å². The smallest absolute Gasteiger partial charge is 0.795 e. The first kappa shape index (κ1) is 14.2. The van der Waals surface area contributed by atoms with E-state index in [1.807, 2.05) is 36.4 Å². The van der Waals surface area contributed by atoms with Crippen molar-refractivity contribution in [1.29, 1.82) is 0 Å². The molecule has 0 radical (unpaired) electrons. The molecule has 1 aliphatic carbocycles. The van der Waals surface area contributed by atoms with Gasteiger partial charge in [0.25, 0.3) is 0 Å². The SMILES string of the molecule is [Na+].[O-]Sc1ccc2cc(OC3CCC3)ccc2c1. The summed E-state index contributed by atoms with van der Waals surface area (Å²) in [7, 11) is 0. The largest absolute Gasteiger partial charge is 1.00 e. The van der Waals surface area contributed by atoms with Gasteiger partial charge in [-0.05, 0) is 59.2 Å². The van der Waals surface area contributed by atoms with Gasteiger partial charge in [0, 0.05) is 0 Å². The zero-order chi connectivity index (χ0) is 11.7. The second-order valence-corrected chi connectivity index (χ2v) is 5.06. The Bertz CT molecular complexity index is 540. The molecule has 0 N–H and O–H groups in total. The van der Waals surface area contributed by atoms with Crippen LogP contribution in [0.3, 0.4) is 0 Å². The van der Waals surface area contributed by atoms with Crippen LogP contribution in [0.1, 0.15) is 19.3 Å². The maximum absolute atomic E-state index is 10.7. The summed E-state index contributed by atoms with van der Waals surface area (Å²) in [5, 5.41) is 2.21.